The van der Waals surface area contributed by atoms with Gasteiger partial charge in [0.25, 0.3) is 0 Å². The Morgan fingerprint density at radius 1 is 1.14 bits per heavy atom. The van der Waals surface area contributed by atoms with Crippen LogP contribution in [0.4, 0.5) is 5.69 Å². The number of nitrogens with one attached hydrogen (secondary N) is 1. The van der Waals surface area contributed by atoms with Crippen molar-refractivity contribution in [3.63, 3.8) is 0 Å². The van der Waals surface area contributed by atoms with Crippen LogP contribution in [0, 0.1) is 6.92 Å². The van der Waals surface area contributed by atoms with Crippen LogP contribution in [0.15, 0.2) is 48.5 Å². The van der Waals surface area contributed by atoms with Crippen molar-refractivity contribution in [1.82, 2.24) is 0 Å². The number of benzene rings is 2. The van der Waals surface area contributed by atoms with Gasteiger partial charge < -0.3 is 15.8 Å². The molecule has 0 aromatic heterocycles. The van der Waals surface area contributed by atoms with E-state index in [4.69, 9.17) is 10.5 Å². The van der Waals surface area contributed by atoms with Crippen LogP contribution in [0.3, 0.4) is 0 Å². The van der Waals surface area contributed by atoms with Gasteiger partial charge in [-0.3, -0.25) is 0 Å². The van der Waals surface area contributed by atoms with Gasteiger partial charge in [-0.1, -0.05) is 18.2 Å². The highest BCUT2D eigenvalue weighted by molar-refractivity contribution is 7.80. The van der Waals surface area contributed by atoms with Crippen molar-refractivity contribution in [2.24, 2.45) is 5.73 Å². The van der Waals surface area contributed by atoms with Crippen molar-refractivity contribution < 1.29 is 4.74 Å². The largest absolute Gasteiger partial charge is 0.457 e. The molecule has 0 bridgehead atoms. The topological polar surface area (TPSA) is 47.3 Å². The first-order valence-corrected chi connectivity index (χ1v) is 7.25. The molecule has 2 aromatic rings. The van der Waals surface area contributed by atoms with Crippen LogP contribution in [-0.4, -0.2) is 18.3 Å². The fourth-order valence-electron chi connectivity index (χ4n) is 1.80. The van der Waals surface area contributed by atoms with Crippen molar-refractivity contribution in [2.75, 3.05) is 17.6 Å². The molecule has 0 radical (unpaired) electrons. The van der Waals surface area contributed by atoms with Crippen molar-refractivity contribution >= 4 is 30.7 Å². The molecule has 5 heteroatoms. The molecule has 1 atom stereocenters. The molecule has 21 heavy (non-hydrogen) atoms. The summed E-state index contributed by atoms with van der Waals surface area (Å²) in [6, 6.07) is 15.9. The number of hydrogen-bond donors (Lipinski definition) is 3. The van der Waals surface area contributed by atoms with Gasteiger partial charge in [0.05, 0.1) is 0 Å². The van der Waals surface area contributed by atoms with Gasteiger partial charge in [-0.2, -0.15) is 12.6 Å². The van der Waals surface area contributed by atoms with Gasteiger partial charge in [0.2, 0.25) is 0 Å². The zero-order chi connectivity index (χ0) is 14.4. The van der Waals surface area contributed by atoms with E-state index in [1.54, 1.807) is 0 Å². The Kier molecular flexibility index (Phi) is 7.43. The van der Waals surface area contributed by atoms with E-state index >= 15 is 0 Å². The maximum atomic E-state index is 5.85. The first-order valence-electron chi connectivity index (χ1n) is 6.62. The number of nitrogens with two attached hydrogens (primary N) is 1. The molecule has 2 aromatic carbocycles. The Bertz CT molecular complexity index is 565. The minimum Gasteiger partial charge on any atom is -0.457 e. The molecule has 0 saturated carbocycles. The third kappa shape index (κ3) is 5.87. The maximum Gasteiger partial charge on any atom is 0.129 e. The highest BCUT2D eigenvalue weighted by Gasteiger charge is 2.02. The van der Waals surface area contributed by atoms with E-state index in [1.807, 2.05) is 55.5 Å². The van der Waals surface area contributed by atoms with Crippen LogP contribution in [0.25, 0.3) is 0 Å². The summed E-state index contributed by atoms with van der Waals surface area (Å²) >= 11 is 4.17. The van der Waals surface area contributed by atoms with Crippen LogP contribution < -0.4 is 15.8 Å². The molecule has 3 N–H and O–H groups in total. The van der Waals surface area contributed by atoms with Crippen LogP contribution in [0.2, 0.25) is 0 Å². The lowest BCUT2D eigenvalue weighted by atomic mass is 10.2. The Morgan fingerprint density at radius 2 is 1.81 bits per heavy atom. The van der Waals surface area contributed by atoms with E-state index in [1.165, 1.54) is 5.56 Å². The standard InChI is InChI=1S/C16H20N2OS.ClH/c1-12-4-2-6-15(8-12)19-16-7-3-5-14(9-16)18-10-13(17)11-20;/h2-9,13,18,20H,10-11,17H2,1H3;1H/t13-;/m1./s1. The third-order valence-electron chi connectivity index (χ3n) is 2.86. The molecule has 0 aliphatic heterocycles. The number of aryl methyl sites for hydroxylation is 1. The molecular formula is C16H21ClN2OS. The first kappa shape index (κ1) is 17.7. The van der Waals surface area contributed by atoms with Gasteiger partial charge in [0.15, 0.2) is 0 Å². The van der Waals surface area contributed by atoms with Gasteiger partial charge in [-0.05, 0) is 36.8 Å². The summed E-state index contributed by atoms with van der Waals surface area (Å²) < 4.78 is 5.85. The molecule has 0 heterocycles. The zero-order valence-corrected chi connectivity index (χ0v) is 13.7. The highest BCUT2D eigenvalue weighted by Crippen LogP contribution is 2.24. The summed E-state index contributed by atoms with van der Waals surface area (Å²) in [6.45, 7) is 2.74. The Hall–Kier alpha value is -1.36. The van der Waals surface area contributed by atoms with Crippen LogP contribution in [-0.2, 0) is 0 Å². The van der Waals surface area contributed by atoms with Crippen molar-refractivity contribution in [3.8, 4) is 11.5 Å². The molecular weight excluding hydrogens is 304 g/mol. The van der Waals surface area contributed by atoms with E-state index in [9.17, 15) is 0 Å². The monoisotopic (exact) mass is 324 g/mol. The summed E-state index contributed by atoms with van der Waals surface area (Å²) in [7, 11) is 0. The lowest BCUT2D eigenvalue weighted by Gasteiger charge is -2.12. The molecule has 2 rings (SSSR count). The first-order chi connectivity index (χ1) is 9.67. The number of hydrogen-bond acceptors (Lipinski definition) is 4. The average molecular weight is 325 g/mol. The highest BCUT2D eigenvalue weighted by atomic mass is 35.5. The van der Waals surface area contributed by atoms with Gasteiger partial charge in [0.1, 0.15) is 11.5 Å². The quantitative estimate of drug-likeness (QED) is 0.707. The van der Waals surface area contributed by atoms with Crippen LogP contribution in [0.1, 0.15) is 5.56 Å². The molecule has 0 fully saturated rings. The fourth-order valence-corrected chi connectivity index (χ4v) is 1.93. The van der Waals surface area contributed by atoms with Gasteiger partial charge in [-0.15, -0.1) is 12.4 Å². The predicted octanol–water partition coefficient (Wildman–Crippen LogP) is 3.88. The number of halogens is 1. The van der Waals surface area contributed by atoms with Crippen LogP contribution >= 0.6 is 25.0 Å². The summed E-state index contributed by atoms with van der Waals surface area (Å²) in [5.74, 6) is 2.31. The maximum absolute atomic E-state index is 5.85. The number of ether oxygens (including phenoxy) is 1. The number of thiol groups is 1. The van der Waals surface area contributed by atoms with Gasteiger partial charge >= 0.3 is 0 Å². The zero-order valence-electron chi connectivity index (χ0n) is 12.0. The minimum atomic E-state index is 0. The molecule has 0 saturated heterocycles. The molecule has 3 nitrogen and oxygen atoms in total. The molecule has 0 aliphatic carbocycles. The third-order valence-corrected chi connectivity index (χ3v) is 3.33. The molecule has 0 unspecified atom stereocenters. The molecule has 0 amide bonds. The molecule has 0 spiro atoms. The summed E-state index contributed by atoms with van der Waals surface area (Å²) in [5, 5.41) is 3.28. The second-order valence-electron chi connectivity index (χ2n) is 4.77. The Labute approximate surface area is 137 Å². The van der Waals surface area contributed by atoms with E-state index in [-0.39, 0.29) is 18.4 Å². The van der Waals surface area contributed by atoms with Gasteiger partial charge in [-0.25, -0.2) is 0 Å². The smallest absolute Gasteiger partial charge is 0.129 e. The second kappa shape index (κ2) is 8.82. The summed E-state index contributed by atoms with van der Waals surface area (Å²) in [5.41, 5.74) is 8.00. The van der Waals surface area contributed by atoms with E-state index in [0.29, 0.717) is 12.3 Å². The lowest BCUT2D eigenvalue weighted by molar-refractivity contribution is 0.482. The van der Waals surface area contributed by atoms with E-state index in [2.05, 4.69) is 17.9 Å². The normalized spacial score (nSPS) is 11.4. The van der Waals surface area contributed by atoms with Crippen molar-refractivity contribution in [2.45, 2.75) is 13.0 Å². The Balaban J connectivity index is 0.00000220. The average Bonchev–Trinajstić information content (AvgIpc) is 2.45. The summed E-state index contributed by atoms with van der Waals surface area (Å²) in [6.07, 6.45) is 0. The molecule has 0 aliphatic rings. The molecule has 114 valence electrons. The second-order valence-corrected chi connectivity index (χ2v) is 5.14. The number of anilines is 1. The summed E-state index contributed by atoms with van der Waals surface area (Å²) in [4.78, 5) is 0. The lowest BCUT2D eigenvalue weighted by Crippen LogP contribution is -2.30. The SMILES string of the molecule is Cc1cccc(Oc2cccc(NC[C@@H](N)CS)c2)c1.Cl. The van der Waals surface area contributed by atoms with Gasteiger partial charge in [0, 0.05) is 30.1 Å². The van der Waals surface area contributed by atoms with Crippen molar-refractivity contribution in [1.29, 1.82) is 0 Å². The van der Waals surface area contributed by atoms with E-state index in [0.717, 1.165) is 17.2 Å². The fraction of sp³-hybridized carbons (Fsp3) is 0.250. The minimum absolute atomic E-state index is 0. The number of rotatable bonds is 6. The Morgan fingerprint density at radius 3 is 2.48 bits per heavy atom. The van der Waals surface area contributed by atoms with E-state index < -0.39 is 0 Å². The van der Waals surface area contributed by atoms with Crippen molar-refractivity contribution in [3.05, 3.63) is 54.1 Å². The van der Waals surface area contributed by atoms with Crippen LogP contribution in [0.5, 0.6) is 11.5 Å². The predicted molar refractivity (Wildman–Crippen MR) is 95.3 cm³/mol.